The van der Waals surface area contributed by atoms with Crippen molar-refractivity contribution in [1.29, 1.82) is 0 Å². The molecule has 4 aliphatic rings. The molecule has 4 fully saturated rings. The molecule has 57 heavy (non-hydrogen) atoms. The lowest BCUT2D eigenvalue weighted by Crippen LogP contribution is -2.30. The Kier molecular flexibility index (Phi) is 83.0. The van der Waals surface area contributed by atoms with Gasteiger partial charge in [0.05, 0.1) is 0 Å². The minimum absolute atomic E-state index is 0.833. The van der Waals surface area contributed by atoms with Gasteiger partial charge in [0.25, 0.3) is 0 Å². The number of piperidine rings is 1. The summed E-state index contributed by atoms with van der Waals surface area (Å²) < 4.78 is 4.69. The first-order valence-electron chi connectivity index (χ1n) is 25.6. The number of hydrogen-bond acceptors (Lipinski definition) is 2. The molecule has 0 radical (unpaired) electrons. The normalized spacial score (nSPS) is 14.4. The molecule has 0 unspecified atom stereocenters. The lowest BCUT2D eigenvalue weighted by atomic mass is 9.84. The van der Waals surface area contributed by atoms with Crippen LogP contribution in [0.4, 0.5) is 0 Å². The van der Waals surface area contributed by atoms with Crippen molar-refractivity contribution in [2.24, 2.45) is 29.6 Å². The zero-order valence-electron chi connectivity index (χ0n) is 44.4. The zero-order chi connectivity index (χ0) is 45.5. The second kappa shape index (κ2) is 66.9. The van der Waals surface area contributed by atoms with E-state index in [2.05, 4.69) is 140 Å². The largest absolute Gasteiger partial charge is 0.385 e. The highest BCUT2D eigenvalue weighted by Gasteiger charge is 2.17. The molecule has 350 valence electrons. The monoisotopic (exact) mass is 810 g/mol. The molecule has 0 atom stereocenters. The highest BCUT2D eigenvalue weighted by Crippen LogP contribution is 2.31. The first kappa shape index (κ1) is 70.7. The second-order valence-corrected chi connectivity index (χ2v) is 16.7. The highest BCUT2D eigenvalue weighted by molar-refractivity contribution is 5.13. The van der Waals surface area contributed by atoms with E-state index in [9.17, 15) is 0 Å². The molecule has 0 bridgehead atoms. The van der Waals surface area contributed by atoms with E-state index in [-0.39, 0.29) is 0 Å². The van der Waals surface area contributed by atoms with Gasteiger partial charge in [-0.05, 0) is 86.9 Å². The number of hydrogen-bond donors (Lipinski definition) is 0. The summed E-state index contributed by atoms with van der Waals surface area (Å²) in [5, 5.41) is 0. The fraction of sp³-hybridized carbons (Fsp3) is 0.891. The quantitative estimate of drug-likeness (QED) is 0.246. The molecule has 1 aromatic rings. The predicted molar refractivity (Wildman–Crippen MR) is 272 cm³/mol. The lowest BCUT2D eigenvalue weighted by Gasteiger charge is -2.25. The van der Waals surface area contributed by atoms with E-state index in [1.54, 1.807) is 7.11 Å². The van der Waals surface area contributed by atoms with Crippen molar-refractivity contribution in [2.45, 2.75) is 260 Å². The van der Waals surface area contributed by atoms with Crippen molar-refractivity contribution in [2.75, 3.05) is 33.4 Å². The summed E-state index contributed by atoms with van der Waals surface area (Å²) in [6.07, 6.45) is 26.4. The number of methoxy groups -OCH3 is 1. The van der Waals surface area contributed by atoms with E-state index in [0.717, 1.165) is 49.0 Å². The zero-order valence-corrected chi connectivity index (χ0v) is 44.4. The van der Waals surface area contributed by atoms with Crippen LogP contribution in [-0.4, -0.2) is 38.3 Å². The van der Waals surface area contributed by atoms with E-state index in [1.807, 2.05) is 33.8 Å². The van der Waals surface area contributed by atoms with Crippen LogP contribution in [0.15, 0.2) is 30.3 Å². The summed E-state index contributed by atoms with van der Waals surface area (Å²) >= 11 is 0. The molecule has 2 nitrogen and oxygen atoms in total. The van der Waals surface area contributed by atoms with Crippen molar-refractivity contribution >= 4 is 0 Å². The standard InChI is InChI=1S/C8H17N.C8H10.C6H12.C5H10.C5H12.C4H10O.C4H8.2C4H10.C3H8.2C2H6/c1-2-6-9-7-4-3-5-8-9;1-2-8-6-4-3-5-7-8;1-2-6-4-3-5-6;1-2-5-3-4-5;1-4-5(2)3;1-3-4-5-2;1-4-2-3-4;1-4(2)3;1-3-4-2;1-3-2;2*1-2/h2-8H2,1H3;3-7H,2H2,1H3;6H,2-5H2,1H3;5H,2-4H2,1H3;5H,4H2,1-3H3;3-4H2,1-2H3;4H,2-3H2,1H3;4H,1-3H3;3-4H2,1-2H3;3H2,1-2H3;2*1-2H3. The molecule has 2 heteroatoms. The molecule has 1 aromatic carbocycles. The third-order valence-electron chi connectivity index (χ3n) is 8.91. The molecule has 0 amide bonds. The lowest BCUT2D eigenvalue weighted by molar-refractivity contribution is 0.199. The maximum atomic E-state index is 4.69. The third-order valence-corrected chi connectivity index (χ3v) is 8.91. The molecule has 1 saturated heterocycles. The number of likely N-dealkylation sites (tertiary alicyclic amines) is 1. The summed E-state index contributed by atoms with van der Waals surface area (Å²) in [6, 6.07) is 10.5. The Labute approximate surface area is 367 Å². The number of rotatable bonds is 9. The first-order valence-corrected chi connectivity index (χ1v) is 25.6. The van der Waals surface area contributed by atoms with Crippen LogP contribution in [0.1, 0.15) is 260 Å². The van der Waals surface area contributed by atoms with Crippen LogP contribution in [0.25, 0.3) is 0 Å². The molecule has 0 N–H and O–H groups in total. The highest BCUT2D eigenvalue weighted by atomic mass is 16.5. The Morgan fingerprint density at radius 2 is 0.965 bits per heavy atom. The van der Waals surface area contributed by atoms with Crippen LogP contribution in [0.5, 0.6) is 0 Å². The molecule has 5 rings (SSSR count). The molecule has 0 spiro atoms. The third kappa shape index (κ3) is 92.0. The summed E-state index contributed by atoms with van der Waals surface area (Å²) in [5.74, 6) is 5.05. The van der Waals surface area contributed by atoms with Gasteiger partial charge in [-0.3, -0.25) is 0 Å². The van der Waals surface area contributed by atoms with Gasteiger partial charge in [0.1, 0.15) is 0 Å². The van der Waals surface area contributed by atoms with Gasteiger partial charge in [-0.2, -0.15) is 0 Å². The van der Waals surface area contributed by atoms with E-state index >= 15 is 0 Å². The van der Waals surface area contributed by atoms with Gasteiger partial charge >= 0.3 is 0 Å². The number of unbranched alkanes of at least 4 members (excludes halogenated alkanes) is 1. The minimum atomic E-state index is 0.833. The fourth-order valence-electron chi connectivity index (χ4n) is 4.01. The Bertz CT molecular complexity index is 669. The topological polar surface area (TPSA) is 12.5 Å². The average molecular weight is 811 g/mol. The SMILES string of the molecule is CC.CC.CC(C)C.CC1CC1.CCC.CCC(C)C.CCC1CC1.CCC1CCC1.CCCC.CCCN1CCCCC1.CCCOC.CCc1ccccc1. The van der Waals surface area contributed by atoms with Gasteiger partial charge < -0.3 is 9.64 Å². The molecular weight excluding hydrogens is 691 g/mol. The maximum Gasteiger partial charge on any atom is 0.0459 e. The second-order valence-electron chi connectivity index (χ2n) is 16.7. The van der Waals surface area contributed by atoms with Gasteiger partial charge in [0, 0.05) is 13.7 Å². The summed E-state index contributed by atoms with van der Waals surface area (Å²) in [5.41, 5.74) is 1.41. The molecular formula is C55H119NO. The molecule has 1 aliphatic heterocycles. The number of nitrogens with zero attached hydrogens (tertiary/aromatic N) is 1. The van der Waals surface area contributed by atoms with Gasteiger partial charge in [-0.1, -0.05) is 259 Å². The Hall–Kier alpha value is -0.860. The van der Waals surface area contributed by atoms with E-state index in [4.69, 9.17) is 4.74 Å². The van der Waals surface area contributed by atoms with E-state index < -0.39 is 0 Å². The van der Waals surface area contributed by atoms with Crippen LogP contribution in [0, 0.1) is 29.6 Å². The van der Waals surface area contributed by atoms with Crippen molar-refractivity contribution in [3.05, 3.63) is 35.9 Å². The van der Waals surface area contributed by atoms with Crippen LogP contribution in [-0.2, 0) is 11.2 Å². The van der Waals surface area contributed by atoms with Crippen LogP contribution < -0.4 is 0 Å². The summed E-state index contributed by atoms with van der Waals surface area (Å²) in [7, 11) is 1.71. The number of benzene rings is 1. The number of ether oxygens (including phenoxy) is 1. The summed E-state index contributed by atoms with van der Waals surface area (Å²) in [4.78, 5) is 2.57. The average Bonchev–Trinajstić information content (AvgIpc) is 4.17. The maximum absolute atomic E-state index is 4.69. The first-order chi connectivity index (χ1) is 27.4. The summed E-state index contributed by atoms with van der Waals surface area (Å²) in [6.45, 7) is 48.0. The molecule has 0 aromatic heterocycles. The predicted octanol–water partition coefficient (Wildman–Crippen LogP) is 19.6. The van der Waals surface area contributed by atoms with Gasteiger partial charge in [0.15, 0.2) is 0 Å². The Balaban J connectivity index is -0.0000000980. The fourth-order valence-corrected chi connectivity index (χ4v) is 4.01. The van der Waals surface area contributed by atoms with E-state index in [0.29, 0.717) is 0 Å². The minimum Gasteiger partial charge on any atom is -0.385 e. The van der Waals surface area contributed by atoms with Gasteiger partial charge in [-0.25, -0.2) is 0 Å². The van der Waals surface area contributed by atoms with Crippen molar-refractivity contribution < 1.29 is 4.74 Å². The molecule has 1 heterocycles. The van der Waals surface area contributed by atoms with Crippen molar-refractivity contribution in [3.63, 3.8) is 0 Å². The van der Waals surface area contributed by atoms with Crippen LogP contribution >= 0.6 is 0 Å². The molecule has 3 aliphatic carbocycles. The van der Waals surface area contributed by atoms with Crippen LogP contribution in [0.3, 0.4) is 0 Å². The van der Waals surface area contributed by atoms with Crippen LogP contribution in [0.2, 0.25) is 0 Å². The van der Waals surface area contributed by atoms with Crippen molar-refractivity contribution in [3.8, 4) is 0 Å². The molecule has 3 saturated carbocycles. The van der Waals surface area contributed by atoms with Crippen molar-refractivity contribution in [1.82, 2.24) is 4.90 Å². The Morgan fingerprint density at radius 1 is 0.579 bits per heavy atom. The number of aryl methyl sites for hydroxylation is 1. The Morgan fingerprint density at radius 3 is 1.11 bits per heavy atom. The smallest absolute Gasteiger partial charge is 0.0459 e. The van der Waals surface area contributed by atoms with Gasteiger partial charge in [0.2, 0.25) is 0 Å². The van der Waals surface area contributed by atoms with Gasteiger partial charge in [-0.15, -0.1) is 0 Å². The van der Waals surface area contributed by atoms with E-state index in [1.165, 1.54) is 134 Å².